The molecule has 0 saturated heterocycles. The molecule has 0 spiro atoms. The number of carbonyl (C=O) groups excluding carboxylic acids is 2. The molecule has 0 radical (unpaired) electrons. The molecule has 7 heteroatoms. The first-order valence-electron chi connectivity index (χ1n) is 5.40. The molecule has 0 aromatic carbocycles. The Labute approximate surface area is 105 Å². The van der Waals surface area contributed by atoms with Crippen LogP contribution in [-0.4, -0.2) is 49.2 Å². The van der Waals surface area contributed by atoms with E-state index in [0.717, 1.165) is 0 Å². The van der Waals surface area contributed by atoms with E-state index >= 15 is 0 Å². The van der Waals surface area contributed by atoms with E-state index in [1.54, 1.807) is 20.0 Å². The number of likely N-dealkylation sites (N-methyl/N-ethyl adjacent to an activating group) is 1. The molecule has 0 fully saturated rings. The molecule has 0 N–H and O–H groups in total. The molecule has 1 aromatic rings. The fraction of sp³-hybridized carbons (Fsp3) is 0.545. The molecule has 1 amide bonds. The lowest BCUT2D eigenvalue weighted by Crippen LogP contribution is -2.33. The molecule has 0 saturated carbocycles. The highest BCUT2D eigenvalue weighted by atomic mass is 16.5. The van der Waals surface area contributed by atoms with Crippen LogP contribution in [0.4, 0.5) is 0 Å². The molecular formula is C11H16N2O5. The average Bonchev–Trinajstić information content (AvgIpc) is 2.78. The fourth-order valence-corrected chi connectivity index (χ4v) is 1.14. The largest absolute Gasteiger partial charge is 0.469 e. The van der Waals surface area contributed by atoms with Gasteiger partial charge >= 0.3 is 5.97 Å². The lowest BCUT2D eigenvalue weighted by atomic mass is 10.4. The Bertz CT molecular complexity index is 415. The Morgan fingerprint density at radius 1 is 1.50 bits per heavy atom. The van der Waals surface area contributed by atoms with Gasteiger partial charge in [-0.1, -0.05) is 0 Å². The summed E-state index contributed by atoms with van der Waals surface area (Å²) in [4.78, 5) is 23.9. The van der Waals surface area contributed by atoms with E-state index < -0.39 is 0 Å². The van der Waals surface area contributed by atoms with Crippen LogP contribution in [0.3, 0.4) is 0 Å². The van der Waals surface area contributed by atoms with Gasteiger partial charge in [0.15, 0.2) is 6.61 Å². The van der Waals surface area contributed by atoms with Gasteiger partial charge in [-0.25, -0.2) is 0 Å². The predicted octanol–water partition coefficient (Wildman–Crippen LogP) is 0.383. The van der Waals surface area contributed by atoms with Gasteiger partial charge in [0.05, 0.1) is 13.5 Å². The van der Waals surface area contributed by atoms with Crippen molar-refractivity contribution in [3.8, 4) is 5.88 Å². The van der Waals surface area contributed by atoms with E-state index in [-0.39, 0.29) is 37.3 Å². The van der Waals surface area contributed by atoms with E-state index in [2.05, 4.69) is 9.89 Å². The molecule has 0 aliphatic rings. The average molecular weight is 256 g/mol. The van der Waals surface area contributed by atoms with Crippen molar-refractivity contribution in [1.29, 1.82) is 0 Å². The molecule has 0 bridgehead atoms. The van der Waals surface area contributed by atoms with E-state index in [4.69, 9.17) is 9.26 Å². The maximum Gasteiger partial charge on any atom is 0.307 e. The first-order valence-corrected chi connectivity index (χ1v) is 5.40. The van der Waals surface area contributed by atoms with Crippen molar-refractivity contribution in [1.82, 2.24) is 10.1 Å². The summed E-state index contributed by atoms with van der Waals surface area (Å²) in [5, 5.41) is 3.59. The number of aryl methyl sites for hydroxylation is 1. The zero-order valence-electron chi connectivity index (χ0n) is 10.6. The van der Waals surface area contributed by atoms with Crippen molar-refractivity contribution in [2.75, 3.05) is 27.3 Å². The molecule has 0 aliphatic heterocycles. The summed E-state index contributed by atoms with van der Waals surface area (Å²) in [6.07, 6.45) is 0.155. The number of nitrogens with zero attached hydrogens (tertiary/aromatic N) is 2. The number of hydrogen-bond acceptors (Lipinski definition) is 6. The number of hydrogen-bond donors (Lipinski definition) is 0. The lowest BCUT2D eigenvalue weighted by molar-refractivity contribution is -0.141. The zero-order chi connectivity index (χ0) is 13.5. The van der Waals surface area contributed by atoms with Crippen molar-refractivity contribution in [3.63, 3.8) is 0 Å². The second kappa shape index (κ2) is 6.63. The first kappa shape index (κ1) is 14.0. The molecule has 1 aromatic heterocycles. The maximum atomic E-state index is 11.6. The van der Waals surface area contributed by atoms with Crippen LogP contribution < -0.4 is 4.74 Å². The Balaban J connectivity index is 2.29. The van der Waals surface area contributed by atoms with Crippen molar-refractivity contribution in [2.24, 2.45) is 0 Å². The van der Waals surface area contributed by atoms with Crippen LogP contribution in [0.25, 0.3) is 0 Å². The van der Waals surface area contributed by atoms with Gasteiger partial charge in [-0.2, -0.15) is 0 Å². The number of ether oxygens (including phenoxy) is 2. The number of carbonyl (C=O) groups is 2. The number of amides is 1. The number of rotatable bonds is 6. The Kier molecular flexibility index (Phi) is 5.16. The second-order valence-electron chi connectivity index (χ2n) is 3.71. The van der Waals surface area contributed by atoms with Gasteiger partial charge in [-0.05, 0) is 12.1 Å². The Morgan fingerprint density at radius 2 is 2.22 bits per heavy atom. The van der Waals surface area contributed by atoms with Crippen LogP contribution >= 0.6 is 0 Å². The molecule has 1 heterocycles. The fourth-order valence-electron chi connectivity index (χ4n) is 1.14. The van der Waals surface area contributed by atoms with Crippen LogP contribution in [0.2, 0.25) is 0 Å². The highest BCUT2D eigenvalue weighted by molar-refractivity contribution is 5.78. The van der Waals surface area contributed by atoms with Gasteiger partial charge in [0, 0.05) is 19.7 Å². The van der Waals surface area contributed by atoms with Crippen LogP contribution in [0.15, 0.2) is 10.6 Å². The minimum absolute atomic E-state index is 0.149. The number of aromatic nitrogens is 1. The van der Waals surface area contributed by atoms with Crippen LogP contribution in [0.5, 0.6) is 5.88 Å². The highest BCUT2D eigenvalue weighted by Crippen LogP contribution is 2.09. The minimum atomic E-state index is -0.359. The van der Waals surface area contributed by atoms with Crippen molar-refractivity contribution in [2.45, 2.75) is 13.3 Å². The first-order chi connectivity index (χ1) is 8.52. The molecule has 100 valence electrons. The zero-order valence-corrected chi connectivity index (χ0v) is 10.6. The molecular weight excluding hydrogens is 240 g/mol. The minimum Gasteiger partial charge on any atom is -0.469 e. The smallest absolute Gasteiger partial charge is 0.307 e. The molecule has 7 nitrogen and oxygen atoms in total. The van der Waals surface area contributed by atoms with Crippen molar-refractivity contribution < 1.29 is 23.6 Å². The van der Waals surface area contributed by atoms with Gasteiger partial charge < -0.3 is 18.9 Å². The standard InChI is InChI=1S/C11H16N2O5/c1-8-6-9(12-18-8)17-7-10(14)13(2)5-4-11(15)16-3/h6H,4-5,7H2,1-3H3. The van der Waals surface area contributed by atoms with Gasteiger partial charge in [0.2, 0.25) is 0 Å². The third-order valence-electron chi connectivity index (χ3n) is 2.25. The molecule has 18 heavy (non-hydrogen) atoms. The summed E-state index contributed by atoms with van der Waals surface area (Å²) in [5.41, 5.74) is 0. The van der Waals surface area contributed by atoms with Gasteiger partial charge in [-0.3, -0.25) is 9.59 Å². The summed E-state index contributed by atoms with van der Waals surface area (Å²) in [6.45, 7) is 1.86. The topological polar surface area (TPSA) is 81.9 Å². The number of methoxy groups -OCH3 is 1. The van der Waals surface area contributed by atoms with Crippen LogP contribution in [0, 0.1) is 6.92 Å². The molecule has 0 unspecified atom stereocenters. The van der Waals surface area contributed by atoms with Gasteiger partial charge in [0.25, 0.3) is 11.8 Å². The van der Waals surface area contributed by atoms with E-state index in [0.29, 0.717) is 5.76 Å². The van der Waals surface area contributed by atoms with E-state index in [1.165, 1.54) is 12.0 Å². The summed E-state index contributed by atoms with van der Waals surface area (Å²) in [5.74, 6) is 0.265. The number of esters is 1. The van der Waals surface area contributed by atoms with Crippen molar-refractivity contribution >= 4 is 11.9 Å². The van der Waals surface area contributed by atoms with Crippen LogP contribution in [0.1, 0.15) is 12.2 Å². The third-order valence-corrected chi connectivity index (χ3v) is 2.25. The Hall–Kier alpha value is -2.05. The van der Waals surface area contributed by atoms with E-state index in [1.807, 2.05) is 0 Å². The van der Waals surface area contributed by atoms with Gasteiger partial charge in [0.1, 0.15) is 5.76 Å². The molecule has 0 atom stereocenters. The van der Waals surface area contributed by atoms with Gasteiger partial charge in [-0.15, -0.1) is 0 Å². The summed E-state index contributed by atoms with van der Waals surface area (Å²) in [7, 11) is 2.89. The maximum absolute atomic E-state index is 11.6. The summed E-state index contributed by atoms with van der Waals surface area (Å²) in [6, 6.07) is 1.59. The quantitative estimate of drug-likeness (QED) is 0.684. The van der Waals surface area contributed by atoms with E-state index in [9.17, 15) is 9.59 Å². The second-order valence-corrected chi connectivity index (χ2v) is 3.71. The molecule has 0 aliphatic carbocycles. The van der Waals surface area contributed by atoms with Crippen molar-refractivity contribution in [3.05, 3.63) is 11.8 Å². The third kappa shape index (κ3) is 4.44. The summed E-state index contributed by atoms with van der Waals surface area (Å²) >= 11 is 0. The van der Waals surface area contributed by atoms with Crippen LogP contribution in [-0.2, 0) is 14.3 Å². The normalized spacial score (nSPS) is 9.94. The SMILES string of the molecule is COC(=O)CCN(C)C(=O)COc1cc(C)on1. The Morgan fingerprint density at radius 3 is 2.78 bits per heavy atom. The summed E-state index contributed by atoms with van der Waals surface area (Å²) < 4.78 is 14.4. The highest BCUT2D eigenvalue weighted by Gasteiger charge is 2.12. The predicted molar refractivity (Wildman–Crippen MR) is 61.0 cm³/mol. The molecule has 1 rings (SSSR count). The lowest BCUT2D eigenvalue weighted by Gasteiger charge is -2.15. The monoisotopic (exact) mass is 256 g/mol.